The molecule has 2 rings (SSSR count). The number of hydrogen-bond donors (Lipinski definition) is 0. The van der Waals surface area contributed by atoms with Gasteiger partial charge in [-0.05, 0) is 66.6 Å². The zero-order chi connectivity index (χ0) is 17.0. The van der Waals surface area contributed by atoms with Crippen LogP contribution in [0, 0.1) is 19.7 Å². The Morgan fingerprint density at radius 1 is 1.17 bits per heavy atom. The molecule has 0 aliphatic rings. The van der Waals surface area contributed by atoms with Crippen LogP contribution in [-0.2, 0) is 9.53 Å². The molecular formula is C20H23FO2. The number of benzene rings is 2. The molecule has 0 unspecified atom stereocenters. The first-order valence-electron chi connectivity index (χ1n) is 7.95. The highest BCUT2D eigenvalue weighted by atomic mass is 19.1. The van der Waals surface area contributed by atoms with Gasteiger partial charge in [-0.2, -0.15) is 0 Å². The van der Waals surface area contributed by atoms with E-state index in [0.29, 0.717) is 13.0 Å². The fourth-order valence-corrected chi connectivity index (χ4v) is 2.95. The summed E-state index contributed by atoms with van der Waals surface area (Å²) in [5.74, 6) is -0.315. The molecule has 2 aromatic rings. The third-order valence-electron chi connectivity index (χ3n) is 4.02. The van der Waals surface area contributed by atoms with Crippen molar-refractivity contribution < 1.29 is 13.9 Å². The molecule has 0 bridgehead atoms. The Morgan fingerprint density at radius 3 is 2.43 bits per heavy atom. The van der Waals surface area contributed by atoms with Crippen molar-refractivity contribution in [2.75, 3.05) is 6.61 Å². The first-order valence-corrected chi connectivity index (χ1v) is 7.95. The molecule has 2 aromatic carbocycles. The van der Waals surface area contributed by atoms with Crippen LogP contribution in [-0.4, -0.2) is 12.6 Å². The zero-order valence-electron chi connectivity index (χ0n) is 14.2. The molecule has 0 saturated carbocycles. The maximum atomic E-state index is 13.5. The minimum absolute atomic E-state index is 0.0788. The van der Waals surface area contributed by atoms with Crippen LogP contribution in [0.25, 0.3) is 11.1 Å². The summed E-state index contributed by atoms with van der Waals surface area (Å²) in [7, 11) is 0. The van der Waals surface area contributed by atoms with Gasteiger partial charge < -0.3 is 4.74 Å². The van der Waals surface area contributed by atoms with Gasteiger partial charge in [-0.3, -0.25) is 4.79 Å². The number of hydrogen-bond acceptors (Lipinski definition) is 2. The Balaban J connectivity index is 2.32. The van der Waals surface area contributed by atoms with E-state index in [1.54, 1.807) is 12.1 Å². The summed E-state index contributed by atoms with van der Waals surface area (Å²) in [6, 6.07) is 11.2. The number of carbonyl (C=O) groups excluding carboxylic acids is 1. The molecule has 0 spiro atoms. The first kappa shape index (κ1) is 17.2. The van der Waals surface area contributed by atoms with Crippen molar-refractivity contribution in [3.63, 3.8) is 0 Å². The van der Waals surface area contributed by atoms with E-state index in [-0.39, 0.29) is 17.7 Å². The molecule has 0 fully saturated rings. The van der Waals surface area contributed by atoms with Gasteiger partial charge in [0.2, 0.25) is 0 Å². The fourth-order valence-electron chi connectivity index (χ4n) is 2.95. The van der Waals surface area contributed by atoms with Crippen LogP contribution in [0.2, 0.25) is 0 Å². The first-order chi connectivity index (χ1) is 10.9. The van der Waals surface area contributed by atoms with E-state index in [9.17, 15) is 9.18 Å². The standard InChI is InChI=1S/C20H23FO2/c1-5-23-19(22)11-13(2)16-7-6-8-17(12-16)20-14(3)9-18(21)10-15(20)4/h6-10,12-13H,5,11H2,1-4H3/t13-/m0/s1. The third-order valence-corrected chi connectivity index (χ3v) is 4.02. The lowest BCUT2D eigenvalue weighted by atomic mass is 9.91. The monoisotopic (exact) mass is 314 g/mol. The number of ether oxygens (including phenoxy) is 1. The smallest absolute Gasteiger partial charge is 0.306 e. The normalized spacial score (nSPS) is 12.0. The molecule has 0 N–H and O–H groups in total. The van der Waals surface area contributed by atoms with Crippen molar-refractivity contribution in [3.05, 3.63) is 58.9 Å². The summed E-state index contributed by atoms with van der Waals surface area (Å²) >= 11 is 0. The van der Waals surface area contributed by atoms with E-state index in [2.05, 4.69) is 6.07 Å². The molecule has 0 aliphatic carbocycles. The molecule has 0 aliphatic heterocycles. The van der Waals surface area contributed by atoms with Crippen molar-refractivity contribution in [3.8, 4) is 11.1 Å². The highest BCUT2D eigenvalue weighted by molar-refractivity contribution is 5.73. The quantitative estimate of drug-likeness (QED) is 0.712. The molecule has 0 amide bonds. The molecular weight excluding hydrogens is 291 g/mol. The highest BCUT2D eigenvalue weighted by Gasteiger charge is 2.14. The van der Waals surface area contributed by atoms with Gasteiger partial charge in [-0.1, -0.05) is 31.2 Å². The molecule has 1 atom stereocenters. The Kier molecular flexibility index (Phi) is 5.54. The summed E-state index contributed by atoms with van der Waals surface area (Å²) < 4.78 is 18.5. The lowest BCUT2D eigenvalue weighted by Gasteiger charge is -2.15. The second kappa shape index (κ2) is 7.40. The average Bonchev–Trinajstić information content (AvgIpc) is 2.46. The van der Waals surface area contributed by atoms with Crippen LogP contribution in [0.15, 0.2) is 36.4 Å². The van der Waals surface area contributed by atoms with E-state index in [1.807, 2.05) is 45.9 Å². The maximum absolute atomic E-state index is 13.5. The van der Waals surface area contributed by atoms with Gasteiger partial charge in [-0.15, -0.1) is 0 Å². The molecule has 3 heteroatoms. The maximum Gasteiger partial charge on any atom is 0.306 e. The highest BCUT2D eigenvalue weighted by Crippen LogP contribution is 2.31. The summed E-state index contributed by atoms with van der Waals surface area (Å²) in [5, 5.41) is 0. The SMILES string of the molecule is CCOC(=O)C[C@H](C)c1cccc(-c2c(C)cc(F)cc2C)c1. The van der Waals surface area contributed by atoms with Crippen LogP contribution in [0.3, 0.4) is 0 Å². The topological polar surface area (TPSA) is 26.3 Å². The number of aryl methyl sites for hydroxylation is 2. The molecule has 23 heavy (non-hydrogen) atoms. The lowest BCUT2D eigenvalue weighted by Crippen LogP contribution is -2.08. The van der Waals surface area contributed by atoms with Crippen LogP contribution in [0.1, 0.15) is 42.9 Å². The second-order valence-corrected chi connectivity index (χ2v) is 5.95. The van der Waals surface area contributed by atoms with Crippen LogP contribution < -0.4 is 0 Å². The summed E-state index contributed by atoms with van der Waals surface area (Å²) in [6.07, 6.45) is 0.360. The van der Waals surface area contributed by atoms with Gasteiger partial charge >= 0.3 is 5.97 Å². The number of rotatable bonds is 5. The van der Waals surface area contributed by atoms with Crippen molar-refractivity contribution in [1.82, 2.24) is 0 Å². The molecule has 0 radical (unpaired) electrons. The molecule has 0 saturated heterocycles. The van der Waals surface area contributed by atoms with E-state index < -0.39 is 0 Å². The molecule has 0 heterocycles. The summed E-state index contributed by atoms with van der Waals surface area (Å²) in [5.41, 5.74) is 5.01. The van der Waals surface area contributed by atoms with Gasteiger partial charge in [0.25, 0.3) is 0 Å². The van der Waals surface area contributed by atoms with E-state index >= 15 is 0 Å². The van der Waals surface area contributed by atoms with E-state index in [4.69, 9.17) is 4.74 Å². The predicted molar refractivity (Wildman–Crippen MR) is 91.0 cm³/mol. The zero-order valence-corrected chi connectivity index (χ0v) is 14.2. The van der Waals surface area contributed by atoms with Crippen molar-refractivity contribution in [2.24, 2.45) is 0 Å². The Morgan fingerprint density at radius 2 is 1.83 bits per heavy atom. The van der Waals surface area contributed by atoms with Gasteiger partial charge in [-0.25, -0.2) is 4.39 Å². The average molecular weight is 314 g/mol. The van der Waals surface area contributed by atoms with Crippen molar-refractivity contribution >= 4 is 5.97 Å². The van der Waals surface area contributed by atoms with Gasteiger partial charge in [0.15, 0.2) is 0 Å². The minimum atomic E-state index is -0.212. The summed E-state index contributed by atoms with van der Waals surface area (Å²) in [6.45, 7) is 8.06. The van der Waals surface area contributed by atoms with Crippen molar-refractivity contribution in [1.29, 1.82) is 0 Å². The largest absolute Gasteiger partial charge is 0.466 e. The van der Waals surface area contributed by atoms with E-state index in [1.165, 1.54) is 0 Å². The number of esters is 1. The third kappa shape index (κ3) is 4.19. The van der Waals surface area contributed by atoms with Crippen molar-refractivity contribution in [2.45, 2.75) is 40.0 Å². The van der Waals surface area contributed by atoms with Gasteiger partial charge in [0, 0.05) is 0 Å². The van der Waals surface area contributed by atoms with Crippen LogP contribution >= 0.6 is 0 Å². The summed E-state index contributed by atoms with van der Waals surface area (Å²) in [4.78, 5) is 11.7. The number of carbonyl (C=O) groups is 1. The van der Waals surface area contributed by atoms with Crippen LogP contribution in [0.4, 0.5) is 4.39 Å². The molecule has 0 aromatic heterocycles. The molecule has 122 valence electrons. The minimum Gasteiger partial charge on any atom is -0.466 e. The molecule has 2 nitrogen and oxygen atoms in total. The van der Waals surface area contributed by atoms with Gasteiger partial charge in [0.1, 0.15) is 5.82 Å². The Labute approximate surface area is 137 Å². The lowest BCUT2D eigenvalue weighted by molar-refractivity contribution is -0.143. The second-order valence-electron chi connectivity index (χ2n) is 5.95. The Bertz CT molecular complexity index is 684. The predicted octanol–water partition coefficient (Wildman–Crippen LogP) is 5.17. The Hall–Kier alpha value is -2.16. The van der Waals surface area contributed by atoms with E-state index in [0.717, 1.165) is 27.8 Å². The van der Waals surface area contributed by atoms with Crippen LogP contribution in [0.5, 0.6) is 0 Å². The number of halogens is 1. The fraction of sp³-hybridized carbons (Fsp3) is 0.350. The van der Waals surface area contributed by atoms with Gasteiger partial charge in [0.05, 0.1) is 13.0 Å².